The Morgan fingerprint density at radius 2 is 1.41 bits per heavy atom. The van der Waals surface area contributed by atoms with E-state index in [1.165, 1.54) is 12.8 Å². The van der Waals surface area contributed by atoms with Crippen LogP contribution in [-0.2, 0) is 29.2 Å². The molecule has 0 radical (unpaired) electrons. The lowest BCUT2D eigenvalue weighted by Gasteiger charge is -2.63. The summed E-state index contributed by atoms with van der Waals surface area (Å²) < 4.78 is 75.8. The van der Waals surface area contributed by atoms with E-state index < -0.39 is 38.9 Å². The fourth-order valence-corrected chi connectivity index (χ4v) is 13.1. The van der Waals surface area contributed by atoms with Crippen LogP contribution in [0.5, 0.6) is 0 Å². The maximum absolute atomic E-state index is 11.8. The molecule has 2 spiro atoms. The van der Waals surface area contributed by atoms with Gasteiger partial charge >= 0.3 is 20.8 Å². The Labute approximate surface area is 247 Å². The maximum atomic E-state index is 11.8. The average Bonchev–Trinajstić information content (AvgIpc) is 3.40. The molecule has 5 fully saturated rings. The molecule has 0 amide bonds. The van der Waals surface area contributed by atoms with E-state index in [1.54, 1.807) is 6.92 Å². The molecule has 9 nitrogen and oxygen atoms in total. The molecule has 5 saturated carbocycles. The average molecular weight is 621 g/mol. The molecule has 11 atom stereocenters. The van der Waals surface area contributed by atoms with Gasteiger partial charge in [-0.15, -0.1) is 0 Å². The second-order valence-electron chi connectivity index (χ2n) is 15.9. The molecule has 5 aliphatic rings. The van der Waals surface area contributed by atoms with Crippen LogP contribution in [0.3, 0.4) is 0 Å². The summed E-state index contributed by atoms with van der Waals surface area (Å²) >= 11 is 0. The second-order valence-corrected chi connectivity index (χ2v) is 18.0. The molecule has 0 heterocycles. The second kappa shape index (κ2) is 10.1. The summed E-state index contributed by atoms with van der Waals surface area (Å²) in [5, 5.41) is 10.8. The van der Waals surface area contributed by atoms with E-state index in [0.717, 1.165) is 51.4 Å². The van der Waals surface area contributed by atoms with Gasteiger partial charge in [-0.1, -0.05) is 41.5 Å². The molecule has 41 heavy (non-hydrogen) atoms. The van der Waals surface area contributed by atoms with Crippen LogP contribution < -0.4 is 0 Å². The van der Waals surface area contributed by atoms with Crippen LogP contribution in [0.25, 0.3) is 0 Å². The Morgan fingerprint density at radius 3 is 2.02 bits per heavy atom. The number of aliphatic hydroxyl groups is 1. The molecule has 3 N–H and O–H groups in total. The van der Waals surface area contributed by atoms with Crippen LogP contribution >= 0.6 is 0 Å². The monoisotopic (exact) mass is 620 g/mol. The number of hydrogen-bond acceptors (Lipinski definition) is 7. The molecule has 0 bridgehead atoms. The minimum atomic E-state index is -4.76. The highest BCUT2D eigenvalue weighted by molar-refractivity contribution is 7.81. The zero-order chi connectivity index (χ0) is 30.4. The molecule has 238 valence electrons. The number of fused-ring (bicyclic) bond motifs is 2. The van der Waals surface area contributed by atoms with Crippen molar-refractivity contribution in [2.75, 3.05) is 6.61 Å². The predicted molar refractivity (Wildman–Crippen MR) is 154 cm³/mol. The van der Waals surface area contributed by atoms with Crippen molar-refractivity contribution in [3.05, 3.63) is 0 Å². The first-order valence-corrected chi connectivity index (χ1v) is 18.4. The van der Waals surface area contributed by atoms with Gasteiger partial charge in [-0.25, -0.2) is 8.37 Å². The molecular weight excluding hydrogens is 568 g/mol. The van der Waals surface area contributed by atoms with Crippen LogP contribution in [0.2, 0.25) is 0 Å². The topological polar surface area (TPSA) is 147 Å². The van der Waals surface area contributed by atoms with Crippen molar-refractivity contribution in [1.29, 1.82) is 0 Å². The van der Waals surface area contributed by atoms with E-state index in [9.17, 15) is 31.0 Å². The Kier molecular flexibility index (Phi) is 7.91. The van der Waals surface area contributed by atoms with Crippen LogP contribution in [0.1, 0.15) is 112 Å². The molecule has 11 heteroatoms. The van der Waals surface area contributed by atoms with Gasteiger partial charge in [0.2, 0.25) is 0 Å². The van der Waals surface area contributed by atoms with Crippen molar-refractivity contribution in [2.24, 2.45) is 56.7 Å². The van der Waals surface area contributed by atoms with Gasteiger partial charge in [0.05, 0.1) is 18.8 Å². The van der Waals surface area contributed by atoms with Crippen molar-refractivity contribution in [3.63, 3.8) is 0 Å². The zero-order valence-corrected chi connectivity index (χ0v) is 27.3. The first kappa shape index (κ1) is 32.1. The lowest BCUT2D eigenvalue weighted by atomic mass is 9.41. The van der Waals surface area contributed by atoms with Crippen LogP contribution in [0.4, 0.5) is 0 Å². The Bertz CT molecular complexity index is 1240. The van der Waals surface area contributed by atoms with Gasteiger partial charge in [-0.05, 0) is 122 Å². The summed E-state index contributed by atoms with van der Waals surface area (Å²) in [4.78, 5) is 0. The summed E-state index contributed by atoms with van der Waals surface area (Å²) in [6, 6.07) is 0. The molecule has 0 aromatic carbocycles. The third-order valence-electron chi connectivity index (χ3n) is 13.7. The van der Waals surface area contributed by atoms with Crippen LogP contribution in [0, 0.1) is 56.7 Å². The number of hydrogen-bond donors (Lipinski definition) is 3. The highest BCUT2D eigenvalue weighted by Crippen LogP contribution is 2.89. The first-order chi connectivity index (χ1) is 18.7. The zero-order valence-electron chi connectivity index (χ0n) is 25.6. The molecule has 0 aromatic rings. The third-order valence-corrected chi connectivity index (χ3v) is 14.6. The van der Waals surface area contributed by atoms with Crippen LogP contribution in [0.15, 0.2) is 0 Å². The first-order valence-electron chi connectivity index (χ1n) is 15.7. The lowest BCUT2D eigenvalue weighted by molar-refractivity contribution is -0.169. The Morgan fingerprint density at radius 1 is 0.780 bits per heavy atom. The van der Waals surface area contributed by atoms with E-state index in [0.29, 0.717) is 30.1 Å². The minimum absolute atomic E-state index is 0.0521. The van der Waals surface area contributed by atoms with Gasteiger partial charge < -0.3 is 5.11 Å². The van der Waals surface area contributed by atoms with Gasteiger partial charge in [0.25, 0.3) is 0 Å². The van der Waals surface area contributed by atoms with Gasteiger partial charge in [0, 0.05) is 5.41 Å². The fraction of sp³-hybridized carbons (Fsp3) is 1.00. The van der Waals surface area contributed by atoms with E-state index in [-0.39, 0.29) is 33.7 Å². The van der Waals surface area contributed by atoms with Crippen molar-refractivity contribution in [2.45, 2.75) is 124 Å². The Balaban J connectivity index is 1.42. The predicted octanol–water partition coefficient (Wildman–Crippen LogP) is 5.85. The van der Waals surface area contributed by atoms with E-state index in [1.807, 2.05) is 0 Å². The highest BCUT2D eigenvalue weighted by atomic mass is 32.3. The Hall–Kier alpha value is -0.300. The van der Waals surface area contributed by atoms with Gasteiger partial charge in [0.1, 0.15) is 0 Å². The normalized spacial score (nSPS) is 47.2. The summed E-state index contributed by atoms with van der Waals surface area (Å²) in [6.45, 7) is 13.1. The van der Waals surface area contributed by atoms with E-state index in [4.69, 9.17) is 8.37 Å². The smallest absolute Gasteiger partial charge is 0.393 e. The van der Waals surface area contributed by atoms with E-state index in [2.05, 4.69) is 34.6 Å². The van der Waals surface area contributed by atoms with Gasteiger partial charge in [-0.3, -0.25) is 9.11 Å². The van der Waals surface area contributed by atoms with Crippen molar-refractivity contribution in [1.82, 2.24) is 0 Å². The molecule has 2 unspecified atom stereocenters. The van der Waals surface area contributed by atoms with E-state index >= 15 is 0 Å². The lowest BCUT2D eigenvalue weighted by Crippen LogP contribution is -2.59. The molecule has 0 aromatic heterocycles. The standard InChI is InChI=1S/C30H52O9S2/c1-19(2)15-21(31)16-20(3)22-9-11-28(6)24-8-7-23-26(4,18-38-40(32,33)34)25(39-41(35,36)37)10-12-29(23)17-30(24,29)14-13-27(22,28)5/h19-25,31H,7-18H2,1-6H3,(H,32,33,34)(H,35,36,37)/t20?,21?,22-,23-,24+,25+,26+,27-,28+,29-,30+/m1/s1. The SMILES string of the molecule is CC(C)CC(O)CC(C)[C@H]1CC[C@@]2(C)[C@@H]3CC[C@@H]4[C@](C)(COS(=O)(=O)O)[C@@H](OS(=O)(=O)O)CC[C@@]45C[C@@]35CC[C@]12C. The summed E-state index contributed by atoms with van der Waals surface area (Å²) in [5.74, 6) is 1.95. The summed E-state index contributed by atoms with van der Waals surface area (Å²) in [7, 11) is -9.51. The molecule has 5 rings (SSSR count). The highest BCUT2D eigenvalue weighted by Gasteiger charge is 2.82. The quantitative estimate of drug-likeness (QED) is 0.256. The minimum Gasteiger partial charge on any atom is -0.393 e. The fourth-order valence-electron chi connectivity index (χ4n) is 12.1. The van der Waals surface area contributed by atoms with Crippen molar-refractivity contribution >= 4 is 20.8 Å². The van der Waals surface area contributed by atoms with Crippen LogP contribution in [-0.4, -0.2) is 49.9 Å². The third kappa shape index (κ3) is 5.05. The van der Waals surface area contributed by atoms with Gasteiger partial charge in [-0.2, -0.15) is 16.8 Å². The van der Waals surface area contributed by atoms with Crippen molar-refractivity contribution in [3.8, 4) is 0 Å². The summed E-state index contributed by atoms with van der Waals surface area (Å²) in [6.07, 6.45) is 8.97. The molecular formula is C30H52O9S2. The van der Waals surface area contributed by atoms with Crippen molar-refractivity contribution < 1.29 is 39.4 Å². The molecule has 5 aliphatic carbocycles. The maximum Gasteiger partial charge on any atom is 0.397 e. The molecule has 0 saturated heterocycles. The van der Waals surface area contributed by atoms with Gasteiger partial charge in [0.15, 0.2) is 0 Å². The number of aliphatic hydroxyl groups excluding tert-OH is 1. The number of rotatable bonds is 10. The summed E-state index contributed by atoms with van der Waals surface area (Å²) in [5.41, 5.74) is -0.626. The molecule has 0 aliphatic heterocycles. The largest absolute Gasteiger partial charge is 0.397 e.